The van der Waals surface area contributed by atoms with Crippen LogP contribution in [0.25, 0.3) is 0 Å². The van der Waals surface area contributed by atoms with E-state index in [0.717, 1.165) is 56.1 Å². The number of hydrogen-bond acceptors (Lipinski definition) is 4. The maximum absolute atomic E-state index is 13.4. The molecule has 5 nitrogen and oxygen atoms in total. The van der Waals surface area contributed by atoms with Gasteiger partial charge in [0.15, 0.2) is 0 Å². The standard InChI is InChI=1S/C22H26ClN3O2/c23-20-7-2-1-6-19(20)21-15-24-8-9-26(21)22(27)18-5-3-4-17(14-18)16-25-10-12-28-13-11-25/h1-7,14,21,24H,8-13,15-16H2. The van der Waals surface area contributed by atoms with Crippen molar-refractivity contribution < 1.29 is 9.53 Å². The second-order valence-corrected chi connectivity index (χ2v) is 7.74. The molecule has 4 rings (SSSR count). The second kappa shape index (κ2) is 9.05. The number of carbonyl (C=O) groups excluding carboxylic acids is 1. The summed E-state index contributed by atoms with van der Waals surface area (Å²) in [5.41, 5.74) is 2.90. The lowest BCUT2D eigenvalue weighted by atomic mass is 10.0. The lowest BCUT2D eigenvalue weighted by molar-refractivity contribution is 0.0341. The van der Waals surface area contributed by atoms with Crippen LogP contribution in [0.1, 0.15) is 27.5 Å². The smallest absolute Gasteiger partial charge is 0.254 e. The molecule has 28 heavy (non-hydrogen) atoms. The Bertz CT molecular complexity index is 823. The van der Waals surface area contributed by atoms with Crippen molar-refractivity contribution in [1.29, 1.82) is 0 Å². The highest BCUT2D eigenvalue weighted by molar-refractivity contribution is 6.31. The summed E-state index contributed by atoms with van der Waals surface area (Å²) >= 11 is 6.43. The lowest BCUT2D eigenvalue weighted by Crippen LogP contribution is -2.48. The van der Waals surface area contributed by atoms with Gasteiger partial charge in [-0.25, -0.2) is 0 Å². The van der Waals surface area contributed by atoms with E-state index >= 15 is 0 Å². The van der Waals surface area contributed by atoms with Crippen LogP contribution in [0.15, 0.2) is 48.5 Å². The van der Waals surface area contributed by atoms with Gasteiger partial charge in [0.2, 0.25) is 0 Å². The predicted octanol–water partition coefficient (Wildman–Crippen LogP) is 2.96. The molecule has 2 heterocycles. The van der Waals surface area contributed by atoms with Crippen molar-refractivity contribution in [3.63, 3.8) is 0 Å². The predicted molar refractivity (Wildman–Crippen MR) is 111 cm³/mol. The van der Waals surface area contributed by atoms with Crippen LogP contribution >= 0.6 is 11.6 Å². The van der Waals surface area contributed by atoms with Crippen molar-refractivity contribution >= 4 is 17.5 Å². The first-order valence-corrected chi connectivity index (χ1v) is 10.3. The molecular formula is C22H26ClN3O2. The van der Waals surface area contributed by atoms with Crippen LogP contribution in [-0.4, -0.2) is 61.6 Å². The summed E-state index contributed by atoms with van der Waals surface area (Å²) in [6, 6.07) is 15.8. The molecular weight excluding hydrogens is 374 g/mol. The zero-order valence-corrected chi connectivity index (χ0v) is 16.7. The summed E-state index contributed by atoms with van der Waals surface area (Å²) in [5.74, 6) is 0.0650. The summed E-state index contributed by atoms with van der Waals surface area (Å²) in [4.78, 5) is 17.7. The summed E-state index contributed by atoms with van der Waals surface area (Å²) in [6.07, 6.45) is 0. The molecule has 0 bridgehead atoms. The van der Waals surface area contributed by atoms with Crippen LogP contribution in [0, 0.1) is 0 Å². The summed E-state index contributed by atoms with van der Waals surface area (Å²) in [5, 5.41) is 4.10. The first-order chi connectivity index (χ1) is 13.7. The number of rotatable bonds is 4. The van der Waals surface area contributed by atoms with Crippen molar-refractivity contribution in [1.82, 2.24) is 15.1 Å². The molecule has 1 unspecified atom stereocenters. The number of amides is 1. The highest BCUT2D eigenvalue weighted by atomic mass is 35.5. The first-order valence-electron chi connectivity index (χ1n) is 9.87. The lowest BCUT2D eigenvalue weighted by Gasteiger charge is -2.37. The molecule has 2 aromatic carbocycles. The van der Waals surface area contributed by atoms with E-state index in [1.165, 1.54) is 0 Å². The molecule has 1 N–H and O–H groups in total. The molecule has 6 heteroatoms. The Hall–Kier alpha value is -1.92. The minimum absolute atomic E-state index is 0.0575. The average Bonchev–Trinajstić information content (AvgIpc) is 2.75. The quantitative estimate of drug-likeness (QED) is 0.858. The third kappa shape index (κ3) is 4.39. The van der Waals surface area contributed by atoms with E-state index in [2.05, 4.69) is 16.3 Å². The largest absolute Gasteiger partial charge is 0.379 e. The van der Waals surface area contributed by atoms with Gasteiger partial charge in [-0.05, 0) is 29.3 Å². The van der Waals surface area contributed by atoms with Crippen LogP contribution in [0.3, 0.4) is 0 Å². The monoisotopic (exact) mass is 399 g/mol. The fourth-order valence-electron chi connectivity index (χ4n) is 3.96. The Morgan fingerprint density at radius 2 is 1.93 bits per heavy atom. The third-order valence-electron chi connectivity index (χ3n) is 5.45. The number of hydrogen-bond donors (Lipinski definition) is 1. The number of nitrogens with zero attached hydrogens (tertiary/aromatic N) is 2. The van der Waals surface area contributed by atoms with Crippen molar-refractivity contribution in [2.75, 3.05) is 45.9 Å². The van der Waals surface area contributed by atoms with E-state index in [9.17, 15) is 4.79 Å². The molecule has 2 aliphatic heterocycles. The SMILES string of the molecule is O=C(c1cccc(CN2CCOCC2)c1)N1CCNCC1c1ccccc1Cl. The molecule has 0 spiro atoms. The average molecular weight is 400 g/mol. The topological polar surface area (TPSA) is 44.8 Å². The molecule has 0 aromatic heterocycles. The Labute approximate surface area is 171 Å². The van der Waals surface area contributed by atoms with Gasteiger partial charge in [0, 0.05) is 49.9 Å². The minimum Gasteiger partial charge on any atom is -0.379 e. The fourth-order valence-corrected chi connectivity index (χ4v) is 4.22. The first kappa shape index (κ1) is 19.4. The molecule has 2 saturated heterocycles. The van der Waals surface area contributed by atoms with Gasteiger partial charge in [-0.3, -0.25) is 9.69 Å². The van der Waals surface area contributed by atoms with Gasteiger partial charge in [-0.15, -0.1) is 0 Å². The number of piperazine rings is 1. The van der Waals surface area contributed by atoms with E-state index in [1.54, 1.807) is 0 Å². The Morgan fingerprint density at radius 1 is 1.11 bits per heavy atom. The van der Waals surface area contributed by atoms with Crippen molar-refractivity contribution in [3.05, 3.63) is 70.2 Å². The Morgan fingerprint density at radius 3 is 2.75 bits per heavy atom. The number of nitrogens with one attached hydrogen (secondary N) is 1. The molecule has 148 valence electrons. The molecule has 0 radical (unpaired) electrons. The van der Waals surface area contributed by atoms with Crippen LogP contribution < -0.4 is 5.32 Å². The molecule has 0 saturated carbocycles. The van der Waals surface area contributed by atoms with Crippen molar-refractivity contribution in [2.45, 2.75) is 12.6 Å². The van der Waals surface area contributed by atoms with Gasteiger partial charge in [0.05, 0.1) is 19.3 Å². The number of morpholine rings is 1. The van der Waals surface area contributed by atoms with E-state index in [1.807, 2.05) is 47.4 Å². The van der Waals surface area contributed by atoms with Crippen molar-refractivity contribution in [2.24, 2.45) is 0 Å². The summed E-state index contributed by atoms with van der Waals surface area (Å²) < 4.78 is 5.42. The third-order valence-corrected chi connectivity index (χ3v) is 5.80. The van der Waals surface area contributed by atoms with E-state index < -0.39 is 0 Å². The minimum atomic E-state index is -0.0575. The van der Waals surface area contributed by atoms with Gasteiger partial charge < -0.3 is 15.0 Å². The van der Waals surface area contributed by atoms with Crippen LogP contribution in [0.2, 0.25) is 5.02 Å². The highest BCUT2D eigenvalue weighted by Crippen LogP contribution is 2.29. The van der Waals surface area contributed by atoms with Gasteiger partial charge >= 0.3 is 0 Å². The maximum Gasteiger partial charge on any atom is 0.254 e. The number of ether oxygens (including phenoxy) is 1. The molecule has 0 aliphatic carbocycles. The Kier molecular flexibility index (Phi) is 6.27. The van der Waals surface area contributed by atoms with Crippen LogP contribution in [-0.2, 0) is 11.3 Å². The fraction of sp³-hybridized carbons (Fsp3) is 0.409. The number of carbonyl (C=O) groups is 1. The van der Waals surface area contributed by atoms with Gasteiger partial charge in [-0.1, -0.05) is 41.9 Å². The summed E-state index contributed by atoms with van der Waals surface area (Å²) in [7, 11) is 0. The van der Waals surface area contributed by atoms with E-state index in [0.29, 0.717) is 18.1 Å². The highest BCUT2D eigenvalue weighted by Gasteiger charge is 2.30. The molecule has 1 amide bonds. The summed E-state index contributed by atoms with van der Waals surface area (Å²) in [6.45, 7) is 6.44. The maximum atomic E-state index is 13.4. The normalized spacial score (nSPS) is 20.9. The number of benzene rings is 2. The molecule has 1 atom stereocenters. The zero-order chi connectivity index (χ0) is 19.3. The van der Waals surface area contributed by atoms with Crippen molar-refractivity contribution in [3.8, 4) is 0 Å². The van der Waals surface area contributed by atoms with Gasteiger partial charge in [0.1, 0.15) is 0 Å². The van der Waals surface area contributed by atoms with Crippen LogP contribution in [0.5, 0.6) is 0 Å². The molecule has 2 aliphatic rings. The van der Waals surface area contributed by atoms with E-state index in [-0.39, 0.29) is 11.9 Å². The van der Waals surface area contributed by atoms with Gasteiger partial charge in [-0.2, -0.15) is 0 Å². The Balaban J connectivity index is 1.53. The molecule has 2 aromatic rings. The molecule has 2 fully saturated rings. The van der Waals surface area contributed by atoms with Gasteiger partial charge in [0.25, 0.3) is 5.91 Å². The number of halogens is 1. The van der Waals surface area contributed by atoms with Crippen LogP contribution in [0.4, 0.5) is 0 Å². The zero-order valence-electron chi connectivity index (χ0n) is 15.9. The second-order valence-electron chi connectivity index (χ2n) is 7.33. The van der Waals surface area contributed by atoms with E-state index in [4.69, 9.17) is 16.3 Å².